The molecule has 1 aromatic carbocycles. The van der Waals surface area contributed by atoms with Crippen molar-refractivity contribution in [3.63, 3.8) is 0 Å². The first-order chi connectivity index (χ1) is 9.24. The quantitative estimate of drug-likeness (QED) is 0.832. The van der Waals surface area contributed by atoms with E-state index in [1.807, 2.05) is 31.2 Å². The molecule has 0 bridgehead atoms. The van der Waals surface area contributed by atoms with Crippen LogP contribution in [-0.2, 0) is 0 Å². The summed E-state index contributed by atoms with van der Waals surface area (Å²) in [5.41, 5.74) is 0. The zero-order valence-electron chi connectivity index (χ0n) is 10.7. The fourth-order valence-electron chi connectivity index (χ4n) is 1.51. The minimum absolute atomic E-state index is 0.440. The molecule has 4 nitrogen and oxygen atoms in total. The van der Waals surface area contributed by atoms with Crippen LogP contribution >= 0.6 is 15.9 Å². The zero-order chi connectivity index (χ0) is 13.7. The van der Waals surface area contributed by atoms with Gasteiger partial charge < -0.3 is 14.2 Å². The van der Waals surface area contributed by atoms with Gasteiger partial charge in [0.1, 0.15) is 11.5 Å². The SMILES string of the molecule is CCOc1cccnc1Oc1ccc(OC)cc1Br. The summed E-state index contributed by atoms with van der Waals surface area (Å²) in [5, 5.41) is 0. The second-order valence-corrected chi connectivity index (χ2v) is 4.49. The number of pyridine rings is 1. The van der Waals surface area contributed by atoms with Crippen molar-refractivity contribution in [3.05, 3.63) is 41.0 Å². The Morgan fingerprint density at radius 2 is 2.05 bits per heavy atom. The van der Waals surface area contributed by atoms with Crippen molar-refractivity contribution in [1.82, 2.24) is 4.98 Å². The van der Waals surface area contributed by atoms with Crippen LogP contribution in [-0.4, -0.2) is 18.7 Å². The van der Waals surface area contributed by atoms with Crippen LogP contribution in [0.5, 0.6) is 23.1 Å². The Kier molecular flexibility index (Phi) is 4.63. The molecule has 0 saturated heterocycles. The van der Waals surface area contributed by atoms with Gasteiger partial charge in [0.25, 0.3) is 5.88 Å². The van der Waals surface area contributed by atoms with Crippen LogP contribution in [0.3, 0.4) is 0 Å². The van der Waals surface area contributed by atoms with Gasteiger partial charge in [-0.15, -0.1) is 0 Å². The van der Waals surface area contributed by atoms with E-state index in [1.54, 1.807) is 19.4 Å². The number of benzene rings is 1. The molecule has 1 heterocycles. The summed E-state index contributed by atoms with van der Waals surface area (Å²) in [6.07, 6.45) is 1.66. The van der Waals surface area contributed by atoms with E-state index < -0.39 is 0 Å². The lowest BCUT2D eigenvalue weighted by atomic mass is 10.3. The Morgan fingerprint density at radius 1 is 1.21 bits per heavy atom. The van der Waals surface area contributed by atoms with Gasteiger partial charge in [-0.05, 0) is 53.2 Å². The van der Waals surface area contributed by atoms with Crippen LogP contribution in [0.4, 0.5) is 0 Å². The lowest BCUT2D eigenvalue weighted by Gasteiger charge is -2.11. The molecule has 100 valence electrons. The van der Waals surface area contributed by atoms with Crippen LogP contribution < -0.4 is 14.2 Å². The van der Waals surface area contributed by atoms with Gasteiger partial charge in [0.15, 0.2) is 5.75 Å². The first-order valence-corrected chi connectivity index (χ1v) is 6.63. The number of hydrogen-bond donors (Lipinski definition) is 0. The fraction of sp³-hybridized carbons (Fsp3) is 0.214. The Hall–Kier alpha value is -1.75. The van der Waals surface area contributed by atoms with E-state index in [2.05, 4.69) is 20.9 Å². The minimum atomic E-state index is 0.440. The number of aromatic nitrogens is 1. The largest absolute Gasteiger partial charge is 0.497 e. The molecule has 1 aromatic heterocycles. The number of rotatable bonds is 5. The first kappa shape index (κ1) is 13.7. The van der Waals surface area contributed by atoms with Crippen LogP contribution in [0.2, 0.25) is 0 Å². The van der Waals surface area contributed by atoms with E-state index in [-0.39, 0.29) is 0 Å². The Labute approximate surface area is 120 Å². The van der Waals surface area contributed by atoms with Gasteiger partial charge in [-0.3, -0.25) is 0 Å². The van der Waals surface area contributed by atoms with Gasteiger partial charge in [-0.2, -0.15) is 0 Å². The highest BCUT2D eigenvalue weighted by molar-refractivity contribution is 9.10. The topological polar surface area (TPSA) is 40.6 Å². The summed E-state index contributed by atoms with van der Waals surface area (Å²) in [4.78, 5) is 4.18. The smallest absolute Gasteiger partial charge is 0.262 e. The predicted molar refractivity (Wildman–Crippen MR) is 76.2 cm³/mol. The molecule has 2 aromatic rings. The van der Waals surface area contributed by atoms with E-state index >= 15 is 0 Å². The third-order valence-corrected chi connectivity index (χ3v) is 3.00. The van der Waals surface area contributed by atoms with E-state index in [0.29, 0.717) is 24.0 Å². The molecular formula is C14H14BrNO3. The normalized spacial score (nSPS) is 10.1. The van der Waals surface area contributed by atoms with E-state index in [0.717, 1.165) is 10.2 Å². The first-order valence-electron chi connectivity index (χ1n) is 5.83. The van der Waals surface area contributed by atoms with Crippen molar-refractivity contribution in [3.8, 4) is 23.1 Å². The fourth-order valence-corrected chi connectivity index (χ4v) is 1.95. The van der Waals surface area contributed by atoms with Crippen molar-refractivity contribution in [2.24, 2.45) is 0 Å². The molecule has 2 rings (SSSR count). The number of ether oxygens (including phenoxy) is 3. The summed E-state index contributed by atoms with van der Waals surface area (Å²) in [5.74, 6) is 2.47. The van der Waals surface area contributed by atoms with Gasteiger partial charge in [0.2, 0.25) is 0 Å². The average Bonchev–Trinajstić information content (AvgIpc) is 2.43. The molecule has 0 spiro atoms. The standard InChI is InChI=1S/C14H14BrNO3/c1-3-18-13-5-4-8-16-14(13)19-12-7-6-10(17-2)9-11(12)15/h4-9H,3H2,1-2H3. The molecular weight excluding hydrogens is 310 g/mol. The summed E-state index contributed by atoms with van der Waals surface area (Å²) in [6.45, 7) is 2.48. The minimum Gasteiger partial charge on any atom is -0.497 e. The lowest BCUT2D eigenvalue weighted by Crippen LogP contribution is -1.97. The van der Waals surface area contributed by atoms with E-state index in [1.165, 1.54) is 0 Å². The van der Waals surface area contributed by atoms with Crippen molar-refractivity contribution >= 4 is 15.9 Å². The van der Waals surface area contributed by atoms with Crippen molar-refractivity contribution in [1.29, 1.82) is 0 Å². The molecule has 0 aliphatic heterocycles. The van der Waals surface area contributed by atoms with E-state index in [9.17, 15) is 0 Å². The van der Waals surface area contributed by atoms with E-state index in [4.69, 9.17) is 14.2 Å². The highest BCUT2D eigenvalue weighted by atomic mass is 79.9. The third-order valence-electron chi connectivity index (χ3n) is 2.38. The van der Waals surface area contributed by atoms with Gasteiger partial charge in [0, 0.05) is 6.20 Å². The number of halogens is 1. The number of nitrogens with zero attached hydrogens (tertiary/aromatic N) is 1. The molecule has 19 heavy (non-hydrogen) atoms. The average molecular weight is 324 g/mol. The number of hydrogen-bond acceptors (Lipinski definition) is 4. The van der Waals surface area contributed by atoms with Crippen molar-refractivity contribution in [2.75, 3.05) is 13.7 Å². The molecule has 0 aliphatic carbocycles. The highest BCUT2D eigenvalue weighted by Crippen LogP contribution is 2.35. The Morgan fingerprint density at radius 3 is 2.74 bits per heavy atom. The van der Waals surface area contributed by atoms with Crippen LogP contribution in [0.15, 0.2) is 41.0 Å². The maximum absolute atomic E-state index is 5.75. The van der Waals surface area contributed by atoms with Gasteiger partial charge in [-0.1, -0.05) is 0 Å². The molecule has 5 heteroatoms. The van der Waals surface area contributed by atoms with Crippen molar-refractivity contribution < 1.29 is 14.2 Å². The molecule has 0 radical (unpaired) electrons. The highest BCUT2D eigenvalue weighted by Gasteiger charge is 2.10. The van der Waals surface area contributed by atoms with Crippen LogP contribution in [0, 0.1) is 0 Å². The summed E-state index contributed by atoms with van der Waals surface area (Å²) in [7, 11) is 1.62. The zero-order valence-corrected chi connectivity index (χ0v) is 12.3. The van der Waals surface area contributed by atoms with Gasteiger partial charge in [-0.25, -0.2) is 4.98 Å². The second kappa shape index (κ2) is 6.43. The Balaban J connectivity index is 2.26. The molecule has 0 N–H and O–H groups in total. The molecule has 0 amide bonds. The van der Waals surface area contributed by atoms with Crippen molar-refractivity contribution in [2.45, 2.75) is 6.92 Å². The maximum atomic E-state index is 5.75. The predicted octanol–water partition coefficient (Wildman–Crippen LogP) is 4.04. The lowest BCUT2D eigenvalue weighted by molar-refractivity contribution is 0.316. The summed E-state index contributed by atoms with van der Waals surface area (Å²) in [6, 6.07) is 9.10. The molecule has 0 atom stereocenters. The third kappa shape index (κ3) is 3.38. The molecule has 0 aliphatic rings. The van der Waals surface area contributed by atoms with Gasteiger partial charge >= 0.3 is 0 Å². The van der Waals surface area contributed by atoms with Crippen LogP contribution in [0.1, 0.15) is 6.92 Å². The Bertz CT molecular complexity index is 560. The number of methoxy groups -OCH3 is 1. The van der Waals surface area contributed by atoms with Crippen LogP contribution in [0.25, 0.3) is 0 Å². The molecule has 0 saturated carbocycles. The monoisotopic (exact) mass is 323 g/mol. The molecule has 0 fully saturated rings. The summed E-state index contributed by atoms with van der Waals surface area (Å²) < 4.78 is 17.1. The van der Waals surface area contributed by atoms with Gasteiger partial charge in [0.05, 0.1) is 18.2 Å². The molecule has 0 unspecified atom stereocenters. The second-order valence-electron chi connectivity index (χ2n) is 3.64. The summed E-state index contributed by atoms with van der Waals surface area (Å²) >= 11 is 3.44. The maximum Gasteiger partial charge on any atom is 0.262 e.